The molecule has 0 unspecified atom stereocenters. The predicted molar refractivity (Wildman–Crippen MR) is 106 cm³/mol. The van der Waals surface area contributed by atoms with Crippen LogP contribution in [0.2, 0.25) is 0 Å². The van der Waals surface area contributed by atoms with E-state index < -0.39 is 0 Å². The van der Waals surface area contributed by atoms with Gasteiger partial charge in [0.2, 0.25) is 0 Å². The zero-order valence-corrected chi connectivity index (χ0v) is 16.1. The summed E-state index contributed by atoms with van der Waals surface area (Å²) in [6.07, 6.45) is 0. The number of benzene rings is 2. The molecular weight excluding hydrogens is 347 g/mol. The van der Waals surface area contributed by atoms with Crippen molar-refractivity contribution in [3.8, 4) is 11.4 Å². The Morgan fingerprint density at radius 3 is 2.42 bits per heavy atom. The maximum absolute atomic E-state index is 13.3. The molecule has 0 atom stereocenters. The fourth-order valence-corrected chi connectivity index (χ4v) is 3.73. The van der Waals surface area contributed by atoms with Crippen LogP contribution in [0.4, 0.5) is 10.1 Å². The van der Waals surface area contributed by atoms with Crippen LogP contribution >= 0.6 is 11.8 Å². The van der Waals surface area contributed by atoms with Crippen LogP contribution in [-0.4, -0.2) is 27.9 Å². The molecule has 0 amide bonds. The van der Waals surface area contributed by atoms with Crippen LogP contribution in [0.25, 0.3) is 11.4 Å². The van der Waals surface area contributed by atoms with Crippen molar-refractivity contribution in [2.45, 2.75) is 24.8 Å². The van der Waals surface area contributed by atoms with Crippen molar-refractivity contribution in [2.75, 3.05) is 18.0 Å². The van der Waals surface area contributed by atoms with E-state index in [1.54, 1.807) is 23.9 Å². The summed E-state index contributed by atoms with van der Waals surface area (Å²) in [5.41, 5.74) is 3.18. The van der Waals surface area contributed by atoms with E-state index in [-0.39, 0.29) is 5.82 Å². The molecule has 0 saturated carbocycles. The summed E-state index contributed by atoms with van der Waals surface area (Å²) in [7, 11) is 1.96. The van der Waals surface area contributed by atoms with Gasteiger partial charge in [-0.1, -0.05) is 23.9 Å². The van der Waals surface area contributed by atoms with Crippen molar-refractivity contribution in [3.05, 3.63) is 59.9 Å². The Kier molecular flexibility index (Phi) is 5.93. The van der Waals surface area contributed by atoms with E-state index in [4.69, 9.17) is 0 Å². The van der Waals surface area contributed by atoms with Gasteiger partial charge in [0, 0.05) is 37.1 Å². The minimum atomic E-state index is -0.213. The zero-order chi connectivity index (χ0) is 18.5. The number of aromatic nitrogens is 3. The molecule has 26 heavy (non-hydrogen) atoms. The van der Waals surface area contributed by atoms with Crippen molar-refractivity contribution in [2.24, 2.45) is 7.05 Å². The maximum Gasteiger partial charge on any atom is 0.191 e. The average molecular weight is 370 g/mol. The maximum atomic E-state index is 13.3. The van der Waals surface area contributed by atoms with Crippen LogP contribution in [0.3, 0.4) is 0 Å². The summed E-state index contributed by atoms with van der Waals surface area (Å²) in [4.78, 5) is 2.31. The summed E-state index contributed by atoms with van der Waals surface area (Å²) >= 11 is 1.55. The van der Waals surface area contributed by atoms with Gasteiger partial charge in [0.15, 0.2) is 11.0 Å². The smallest absolute Gasteiger partial charge is 0.191 e. The number of hydrogen-bond acceptors (Lipinski definition) is 4. The van der Waals surface area contributed by atoms with E-state index in [1.165, 1.54) is 11.8 Å². The van der Waals surface area contributed by atoms with Gasteiger partial charge < -0.3 is 9.47 Å². The normalized spacial score (nSPS) is 10.9. The summed E-state index contributed by atoms with van der Waals surface area (Å²) < 4.78 is 15.3. The van der Waals surface area contributed by atoms with E-state index in [1.807, 2.05) is 17.7 Å². The molecule has 0 aliphatic heterocycles. The molecule has 6 heteroatoms. The number of thioether (sulfide) groups is 1. The third kappa shape index (κ3) is 4.07. The van der Waals surface area contributed by atoms with Gasteiger partial charge >= 0.3 is 0 Å². The van der Waals surface area contributed by atoms with Crippen LogP contribution in [0.5, 0.6) is 0 Å². The molecule has 1 aromatic heterocycles. The molecule has 0 spiro atoms. The van der Waals surface area contributed by atoms with Gasteiger partial charge in [-0.2, -0.15) is 0 Å². The Morgan fingerprint density at radius 2 is 1.77 bits per heavy atom. The second-order valence-electron chi connectivity index (χ2n) is 6.00. The highest BCUT2D eigenvalue weighted by Crippen LogP contribution is 2.26. The predicted octanol–water partition coefficient (Wildman–Crippen LogP) is 4.76. The Balaban J connectivity index is 1.74. The molecule has 4 nitrogen and oxygen atoms in total. The average Bonchev–Trinajstić information content (AvgIpc) is 3.02. The van der Waals surface area contributed by atoms with E-state index in [0.717, 1.165) is 35.2 Å². The van der Waals surface area contributed by atoms with Crippen molar-refractivity contribution in [1.82, 2.24) is 14.8 Å². The van der Waals surface area contributed by atoms with Crippen LogP contribution < -0.4 is 4.90 Å². The molecule has 0 radical (unpaired) electrons. The molecule has 0 N–H and O–H groups in total. The number of nitrogens with zero attached hydrogens (tertiary/aromatic N) is 4. The van der Waals surface area contributed by atoms with Gasteiger partial charge in [0.25, 0.3) is 0 Å². The minimum absolute atomic E-state index is 0.213. The highest BCUT2D eigenvalue weighted by Gasteiger charge is 2.12. The molecule has 3 rings (SSSR count). The second-order valence-corrected chi connectivity index (χ2v) is 6.95. The third-order valence-corrected chi connectivity index (χ3v) is 5.44. The molecule has 0 aliphatic carbocycles. The number of rotatable bonds is 7. The Bertz CT molecular complexity index is 857. The third-order valence-electron chi connectivity index (χ3n) is 4.35. The summed E-state index contributed by atoms with van der Waals surface area (Å²) in [6.45, 7) is 6.28. The lowest BCUT2D eigenvalue weighted by atomic mass is 10.2. The Morgan fingerprint density at radius 1 is 1.04 bits per heavy atom. The first-order valence-electron chi connectivity index (χ1n) is 8.74. The highest BCUT2D eigenvalue weighted by atomic mass is 32.2. The first kappa shape index (κ1) is 18.5. The molecule has 136 valence electrons. The van der Waals surface area contributed by atoms with Crippen LogP contribution in [0.1, 0.15) is 19.4 Å². The molecule has 1 heterocycles. The van der Waals surface area contributed by atoms with Crippen LogP contribution in [-0.2, 0) is 12.8 Å². The van der Waals surface area contributed by atoms with Crippen molar-refractivity contribution in [1.29, 1.82) is 0 Å². The van der Waals surface area contributed by atoms with Crippen molar-refractivity contribution < 1.29 is 4.39 Å². The first-order valence-corrected chi connectivity index (χ1v) is 9.73. The molecule has 0 bridgehead atoms. The molecule has 0 aliphatic rings. The Hall–Kier alpha value is -2.34. The lowest BCUT2D eigenvalue weighted by Gasteiger charge is -2.21. The SMILES string of the molecule is CCN(CC)c1ccc(-c2nnc(SCc3cccc(F)c3)n2C)cc1. The molecule has 0 fully saturated rings. The summed E-state index contributed by atoms with van der Waals surface area (Å²) in [6, 6.07) is 15.1. The fraction of sp³-hybridized carbons (Fsp3) is 0.300. The number of anilines is 1. The van der Waals surface area contributed by atoms with E-state index in [0.29, 0.717) is 5.75 Å². The Labute approximate surface area is 158 Å². The van der Waals surface area contributed by atoms with Crippen LogP contribution in [0.15, 0.2) is 53.7 Å². The minimum Gasteiger partial charge on any atom is -0.372 e. The van der Waals surface area contributed by atoms with Gasteiger partial charge in [0.1, 0.15) is 5.82 Å². The first-order chi connectivity index (χ1) is 12.6. The largest absolute Gasteiger partial charge is 0.372 e. The zero-order valence-electron chi connectivity index (χ0n) is 15.3. The number of hydrogen-bond donors (Lipinski definition) is 0. The molecule has 3 aromatic rings. The van der Waals surface area contributed by atoms with Gasteiger partial charge in [0.05, 0.1) is 0 Å². The number of halogens is 1. The fourth-order valence-electron chi connectivity index (χ4n) is 2.88. The lowest BCUT2D eigenvalue weighted by Crippen LogP contribution is -2.21. The van der Waals surface area contributed by atoms with Crippen molar-refractivity contribution >= 4 is 17.4 Å². The monoisotopic (exact) mass is 370 g/mol. The van der Waals surface area contributed by atoms with Gasteiger partial charge in [-0.3, -0.25) is 0 Å². The topological polar surface area (TPSA) is 34.0 Å². The lowest BCUT2D eigenvalue weighted by molar-refractivity contribution is 0.626. The van der Waals surface area contributed by atoms with E-state index >= 15 is 0 Å². The van der Waals surface area contributed by atoms with E-state index in [9.17, 15) is 4.39 Å². The second kappa shape index (κ2) is 8.36. The van der Waals surface area contributed by atoms with Crippen molar-refractivity contribution in [3.63, 3.8) is 0 Å². The van der Waals surface area contributed by atoms with Crippen LogP contribution in [0, 0.1) is 5.82 Å². The summed E-state index contributed by atoms with van der Waals surface area (Å²) in [5.74, 6) is 1.28. The molecular formula is C20H23FN4S. The van der Waals surface area contributed by atoms with Gasteiger partial charge in [-0.25, -0.2) is 4.39 Å². The standard InChI is InChI=1S/C20H23FN4S/c1-4-25(5-2)18-11-9-16(10-12-18)19-22-23-20(24(19)3)26-14-15-7-6-8-17(21)13-15/h6-13H,4-5,14H2,1-3H3. The van der Waals surface area contributed by atoms with E-state index in [2.05, 4.69) is 53.2 Å². The molecule has 0 saturated heterocycles. The highest BCUT2D eigenvalue weighted by molar-refractivity contribution is 7.98. The summed E-state index contributed by atoms with van der Waals surface area (Å²) in [5, 5.41) is 9.44. The van der Waals surface area contributed by atoms with Gasteiger partial charge in [-0.05, 0) is 55.8 Å². The molecule has 2 aromatic carbocycles. The quantitative estimate of drug-likeness (QED) is 0.562. The van der Waals surface area contributed by atoms with Gasteiger partial charge in [-0.15, -0.1) is 10.2 Å².